The third kappa shape index (κ3) is 6.91. The summed E-state index contributed by atoms with van der Waals surface area (Å²) in [5.74, 6) is 0.383. The van der Waals surface area contributed by atoms with Crippen molar-refractivity contribution in [3.05, 3.63) is 53.6 Å². The first-order chi connectivity index (χ1) is 11.9. The summed E-state index contributed by atoms with van der Waals surface area (Å²) in [6.07, 6.45) is 4.10. The van der Waals surface area contributed by atoms with Crippen molar-refractivity contribution < 1.29 is 9.50 Å². The van der Waals surface area contributed by atoms with E-state index in [2.05, 4.69) is 20.7 Å². The number of aromatic nitrogens is 2. The Kier molecular flexibility index (Phi) is 9.00. The van der Waals surface area contributed by atoms with Gasteiger partial charge >= 0.3 is 0 Å². The SMILES string of the molecule is CCNC(=NCC(C)(O)c1cnn(C)c1)NCCc1cccc(F)c1.I. The molecule has 0 aliphatic rings. The van der Waals surface area contributed by atoms with E-state index in [4.69, 9.17) is 0 Å². The van der Waals surface area contributed by atoms with Gasteiger partial charge in [0, 0.05) is 31.9 Å². The number of benzene rings is 1. The highest BCUT2D eigenvalue weighted by atomic mass is 127. The predicted octanol–water partition coefficient (Wildman–Crippen LogP) is 2.18. The monoisotopic (exact) mass is 475 g/mol. The molecule has 2 rings (SSSR count). The molecule has 2 aromatic rings. The van der Waals surface area contributed by atoms with Crippen molar-refractivity contribution in [2.75, 3.05) is 19.6 Å². The molecule has 1 heterocycles. The largest absolute Gasteiger partial charge is 0.383 e. The van der Waals surface area contributed by atoms with E-state index in [1.807, 2.05) is 13.0 Å². The Labute approximate surface area is 170 Å². The van der Waals surface area contributed by atoms with Gasteiger partial charge in [-0.05, 0) is 38.0 Å². The molecule has 0 fully saturated rings. The lowest BCUT2D eigenvalue weighted by molar-refractivity contribution is 0.0672. The highest BCUT2D eigenvalue weighted by Crippen LogP contribution is 2.19. The lowest BCUT2D eigenvalue weighted by Gasteiger charge is -2.20. The van der Waals surface area contributed by atoms with Crippen LogP contribution in [0.1, 0.15) is 25.0 Å². The van der Waals surface area contributed by atoms with Crippen LogP contribution in [0, 0.1) is 5.82 Å². The molecule has 0 radical (unpaired) electrons. The zero-order valence-corrected chi connectivity index (χ0v) is 17.7. The van der Waals surface area contributed by atoms with Crippen LogP contribution in [0.3, 0.4) is 0 Å². The first kappa shape index (κ1) is 22.4. The van der Waals surface area contributed by atoms with E-state index in [1.165, 1.54) is 12.1 Å². The molecule has 26 heavy (non-hydrogen) atoms. The molecule has 0 amide bonds. The molecular formula is C18H27FIN5O. The summed E-state index contributed by atoms with van der Waals surface area (Å²) in [7, 11) is 1.81. The van der Waals surface area contributed by atoms with Gasteiger partial charge in [0.1, 0.15) is 11.4 Å². The fourth-order valence-electron chi connectivity index (χ4n) is 2.38. The average molecular weight is 475 g/mol. The summed E-state index contributed by atoms with van der Waals surface area (Å²) in [5, 5.41) is 21.0. The van der Waals surface area contributed by atoms with E-state index in [0.717, 1.165) is 5.56 Å². The fraction of sp³-hybridized carbons (Fsp3) is 0.444. The Hall–Kier alpha value is -1.68. The average Bonchev–Trinajstić information content (AvgIpc) is 3.00. The minimum atomic E-state index is -1.10. The Morgan fingerprint density at radius 2 is 2.15 bits per heavy atom. The Bertz CT molecular complexity index is 717. The van der Waals surface area contributed by atoms with Crippen LogP contribution in [0.5, 0.6) is 0 Å². The van der Waals surface area contributed by atoms with Crippen LogP contribution in [0.25, 0.3) is 0 Å². The summed E-state index contributed by atoms with van der Waals surface area (Å²) in [6.45, 7) is 5.21. The number of aliphatic hydroxyl groups is 1. The van der Waals surface area contributed by atoms with Crippen molar-refractivity contribution in [1.82, 2.24) is 20.4 Å². The molecule has 144 valence electrons. The van der Waals surface area contributed by atoms with E-state index in [1.54, 1.807) is 37.1 Å². The van der Waals surface area contributed by atoms with Crippen molar-refractivity contribution in [3.63, 3.8) is 0 Å². The van der Waals surface area contributed by atoms with Crippen LogP contribution >= 0.6 is 24.0 Å². The van der Waals surface area contributed by atoms with Crippen LogP contribution in [0.15, 0.2) is 41.7 Å². The minimum Gasteiger partial charge on any atom is -0.383 e. The van der Waals surface area contributed by atoms with Gasteiger partial charge in [-0.15, -0.1) is 24.0 Å². The molecule has 0 bridgehead atoms. The minimum absolute atomic E-state index is 0. The third-order valence-corrected chi connectivity index (χ3v) is 3.81. The first-order valence-electron chi connectivity index (χ1n) is 8.39. The van der Waals surface area contributed by atoms with E-state index in [-0.39, 0.29) is 36.3 Å². The molecule has 6 nitrogen and oxygen atoms in total. The second kappa shape index (κ2) is 10.5. The van der Waals surface area contributed by atoms with Crippen molar-refractivity contribution in [1.29, 1.82) is 0 Å². The van der Waals surface area contributed by atoms with Crippen LogP contribution < -0.4 is 10.6 Å². The normalized spacial score (nSPS) is 13.7. The van der Waals surface area contributed by atoms with Gasteiger partial charge in [0.25, 0.3) is 0 Å². The van der Waals surface area contributed by atoms with Crippen molar-refractivity contribution in [3.8, 4) is 0 Å². The topological polar surface area (TPSA) is 74.5 Å². The zero-order valence-electron chi connectivity index (χ0n) is 15.4. The molecule has 1 atom stereocenters. The summed E-state index contributed by atoms with van der Waals surface area (Å²) >= 11 is 0. The van der Waals surface area contributed by atoms with Gasteiger partial charge in [-0.25, -0.2) is 9.38 Å². The molecular weight excluding hydrogens is 448 g/mol. The molecule has 0 saturated carbocycles. The quantitative estimate of drug-likeness (QED) is 0.326. The van der Waals surface area contributed by atoms with Gasteiger partial charge in [-0.2, -0.15) is 5.10 Å². The summed E-state index contributed by atoms with van der Waals surface area (Å²) in [4.78, 5) is 4.45. The molecule has 3 N–H and O–H groups in total. The van der Waals surface area contributed by atoms with Crippen molar-refractivity contribution in [2.24, 2.45) is 12.0 Å². The van der Waals surface area contributed by atoms with Gasteiger partial charge in [0.05, 0.1) is 12.7 Å². The number of guanidine groups is 1. The van der Waals surface area contributed by atoms with Gasteiger partial charge in [-0.1, -0.05) is 12.1 Å². The molecule has 0 aliphatic carbocycles. The fourth-order valence-corrected chi connectivity index (χ4v) is 2.38. The number of aryl methyl sites for hydroxylation is 1. The molecule has 0 spiro atoms. The zero-order chi connectivity index (χ0) is 18.3. The Morgan fingerprint density at radius 1 is 1.38 bits per heavy atom. The van der Waals surface area contributed by atoms with E-state index in [9.17, 15) is 9.50 Å². The van der Waals surface area contributed by atoms with Gasteiger partial charge in [-0.3, -0.25) is 4.68 Å². The molecule has 1 unspecified atom stereocenters. The van der Waals surface area contributed by atoms with Gasteiger partial charge in [0.2, 0.25) is 0 Å². The summed E-state index contributed by atoms with van der Waals surface area (Å²) in [5.41, 5.74) is 0.541. The lowest BCUT2D eigenvalue weighted by atomic mass is 10.0. The smallest absolute Gasteiger partial charge is 0.191 e. The maximum atomic E-state index is 13.2. The second-order valence-corrected chi connectivity index (χ2v) is 6.18. The second-order valence-electron chi connectivity index (χ2n) is 6.18. The van der Waals surface area contributed by atoms with Crippen LogP contribution in [0.4, 0.5) is 4.39 Å². The summed E-state index contributed by atoms with van der Waals surface area (Å²) in [6, 6.07) is 6.55. The number of nitrogens with zero attached hydrogens (tertiary/aromatic N) is 3. The maximum absolute atomic E-state index is 13.2. The number of halogens is 2. The Morgan fingerprint density at radius 3 is 2.77 bits per heavy atom. The van der Waals surface area contributed by atoms with Crippen LogP contribution in [-0.4, -0.2) is 40.5 Å². The molecule has 0 aliphatic heterocycles. The number of aliphatic imine (C=N–C) groups is 1. The van der Waals surface area contributed by atoms with Crippen LogP contribution in [-0.2, 0) is 19.1 Å². The predicted molar refractivity (Wildman–Crippen MR) is 112 cm³/mol. The van der Waals surface area contributed by atoms with E-state index >= 15 is 0 Å². The van der Waals surface area contributed by atoms with E-state index < -0.39 is 5.60 Å². The number of nitrogens with one attached hydrogen (secondary N) is 2. The first-order valence-corrected chi connectivity index (χ1v) is 8.39. The molecule has 1 aromatic heterocycles. The van der Waals surface area contributed by atoms with Crippen molar-refractivity contribution >= 4 is 29.9 Å². The Balaban J connectivity index is 0.00000338. The maximum Gasteiger partial charge on any atom is 0.191 e. The third-order valence-electron chi connectivity index (χ3n) is 3.81. The van der Waals surface area contributed by atoms with Crippen molar-refractivity contribution in [2.45, 2.75) is 25.9 Å². The highest BCUT2D eigenvalue weighted by Gasteiger charge is 2.24. The van der Waals surface area contributed by atoms with E-state index in [0.29, 0.717) is 31.0 Å². The molecule has 0 saturated heterocycles. The van der Waals surface area contributed by atoms with Crippen LogP contribution in [0.2, 0.25) is 0 Å². The standard InChI is InChI=1S/C18H26FN5O.HI/c1-4-20-17(21-9-8-14-6-5-7-16(19)10-14)22-13-18(2,25)15-11-23-24(3)12-15;/h5-7,10-12,25H,4,8-9,13H2,1-3H3,(H2,20,21,22);1H. The van der Waals surface area contributed by atoms with Gasteiger partial charge < -0.3 is 15.7 Å². The number of rotatable bonds is 7. The van der Waals surface area contributed by atoms with Gasteiger partial charge in [0.15, 0.2) is 5.96 Å². The highest BCUT2D eigenvalue weighted by molar-refractivity contribution is 14.0. The molecule has 1 aromatic carbocycles. The number of hydrogen-bond acceptors (Lipinski definition) is 3. The summed E-state index contributed by atoms with van der Waals surface area (Å²) < 4.78 is 14.8. The lowest BCUT2D eigenvalue weighted by Crippen LogP contribution is -2.39. The molecule has 8 heteroatoms. The number of hydrogen-bond donors (Lipinski definition) is 3.